The summed E-state index contributed by atoms with van der Waals surface area (Å²) in [5.41, 5.74) is 3.77. The van der Waals surface area contributed by atoms with Gasteiger partial charge in [-0.25, -0.2) is 4.98 Å². The summed E-state index contributed by atoms with van der Waals surface area (Å²) in [5, 5.41) is 13.8. The van der Waals surface area contributed by atoms with E-state index in [0.29, 0.717) is 11.5 Å². The van der Waals surface area contributed by atoms with Gasteiger partial charge in [0.15, 0.2) is 0 Å². The first-order valence-corrected chi connectivity index (χ1v) is 11.9. The van der Waals surface area contributed by atoms with E-state index in [-0.39, 0.29) is 21.1 Å². The number of hydrogen-bond acceptors (Lipinski definition) is 4. The monoisotopic (exact) mass is 673 g/mol. The molecule has 8 heteroatoms. The van der Waals surface area contributed by atoms with Crippen molar-refractivity contribution >= 4 is 49.1 Å². The van der Waals surface area contributed by atoms with Gasteiger partial charge in [-0.1, -0.05) is 58.8 Å². The van der Waals surface area contributed by atoms with Crippen molar-refractivity contribution in [2.24, 2.45) is 7.05 Å². The molecule has 7 nitrogen and oxygen atoms in total. The van der Waals surface area contributed by atoms with Crippen LogP contribution in [-0.2, 0) is 28.1 Å². The molecule has 0 spiro atoms. The van der Waals surface area contributed by atoms with Crippen molar-refractivity contribution < 1.29 is 25.8 Å². The van der Waals surface area contributed by atoms with Crippen LogP contribution in [0.4, 0.5) is 0 Å². The maximum Gasteiger partial charge on any atom is 2.00 e. The zero-order chi connectivity index (χ0) is 24.5. The number of aryl methyl sites for hydroxylation is 1. The van der Waals surface area contributed by atoms with Crippen molar-refractivity contribution in [3.8, 4) is 17.4 Å². The number of fused-ring (bicyclic) bond motifs is 9. The molecular weight excluding hydrogens is 655 g/mol. The SMILES string of the molecule is Cn1ccnc1-n1c2[c-]c(Oc3[c-]c4c(cc3)c3ccccc3n3cnnc43)ccc2c2ccccc21.[Pt+2]. The number of para-hydroxylation sites is 2. The Balaban J connectivity index is 0.00000242. The van der Waals surface area contributed by atoms with Gasteiger partial charge in [0, 0.05) is 42.0 Å². The van der Waals surface area contributed by atoms with E-state index in [4.69, 9.17) is 4.74 Å². The Morgan fingerprint density at radius 3 is 2.26 bits per heavy atom. The summed E-state index contributed by atoms with van der Waals surface area (Å²) in [6.45, 7) is 0. The minimum Gasteiger partial charge on any atom is -0.503 e. The van der Waals surface area contributed by atoms with Crippen molar-refractivity contribution in [3.63, 3.8) is 0 Å². The second-order valence-electron chi connectivity index (χ2n) is 9.03. The summed E-state index contributed by atoms with van der Waals surface area (Å²) in [6.07, 6.45) is 5.47. The molecule has 8 aromatic rings. The van der Waals surface area contributed by atoms with Gasteiger partial charge in [0.25, 0.3) is 0 Å². The molecule has 0 aliphatic rings. The Morgan fingerprint density at radius 2 is 1.47 bits per heavy atom. The van der Waals surface area contributed by atoms with Crippen molar-refractivity contribution in [2.45, 2.75) is 0 Å². The smallest absolute Gasteiger partial charge is 0.503 e. The van der Waals surface area contributed by atoms with E-state index in [9.17, 15) is 0 Å². The van der Waals surface area contributed by atoms with Gasteiger partial charge in [0.2, 0.25) is 5.95 Å². The maximum absolute atomic E-state index is 6.32. The fraction of sp³-hybridized carbons (Fsp3) is 0.0333. The summed E-state index contributed by atoms with van der Waals surface area (Å²) >= 11 is 0. The first-order chi connectivity index (χ1) is 18.3. The van der Waals surface area contributed by atoms with Crippen LogP contribution in [0.2, 0.25) is 0 Å². The summed E-state index contributed by atoms with van der Waals surface area (Å²) in [4.78, 5) is 4.60. The van der Waals surface area contributed by atoms with Crippen LogP contribution in [0.5, 0.6) is 11.5 Å². The van der Waals surface area contributed by atoms with Crippen molar-refractivity contribution in [3.05, 3.63) is 104 Å². The number of imidazole rings is 1. The predicted octanol–water partition coefficient (Wildman–Crippen LogP) is 6.26. The zero-order valence-corrected chi connectivity index (χ0v) is 22.3. The predicted molar refractivity (Wildman–Crippen MR) is 143 cm³/mol. The molecule has 0 aliphatic carbocycles. The molecule has 0 aliphatic heterocycles. The quantitative estimate of drug-likeness (QED) is 0.164. The third kappa shape index (κ3) is 3.22. The van der Waals surface area contributed by atoms with E-state index in [1.165, 1.54) is 0 Å². The Morgan fingerprint density at radius 1 is 0.763 bits per heavy atom. The first-order valence-electron chi connectivity index (χ1n) is 11.9. The van der Waals surface area contributed by atoms with Crippen LogP contribution >= 0.6 is 0 Å². The summed E-state index contributed by atoms with van der Waals surface area (Å²) in [6, 6.07) is 31.5. The van der Waals surface area contributed by atoms with E-state index in [2.05, 4.69) is 68.3 Å². The Labute approximate surface area is 231 Å². The maximum atomic E-state index is 6.32. The zero-order valence-electron chi connectivity index (χ0n) is 20.1. The average Bonchev–Trinajstić information content (AvgIpc) is 3.66. The molecule has 0 atom stereocenters. The third-order valence-corrected chi connectivity index (χ3v) is 6.92. The molecule has 38 heavy (non-hydrogen) atoms. The van der Waals surface area contributed by atoms with Crippen molar-refractivity contribution in [1.82, 2.24) is 28.7 Å². The number of ether oxygens (including phenoxy) is 1. The minimum absolute atomic E-state index is 0. The molecule has 0 unspecified atom stereocenters. The third-order valence-electron chi connectivity index (χ3n) is 6.92. The molecule has 0 amide bonds. The molecule has 0 bridgehead atoms. The van der Waals surface area contributed by atoms with Crippen LogP contribution in [0.15, 0.2) is 91.5 Å². The van der Waals surface area contributed by atoms with Crippen LogP contribution in [0, 0.1) is 12.1 Å². The van der Waals surface area contributed by atoms with Gasteiger partial charge in [0.1, 0.15) is 6.33 Å². The van der Waals surface area contributed by atoms with Gasteiger partial charge in [0.05, 0.1) is 5.65 Å². The standard InChI is InChI=1S/C30H18N6O.Pt/c1-34-15-14-31-30(34)36-27-9-5-3-7-23(27)24-13-11-20(17-28(24)36)37-19-10-12-21-22-6-2-4-8-26(22)35-18-32-33-29(35)25(21)16-19;/h2-15,18H,1H3;/q-2;+2. The van der Waals surface area contributed by atoms with Crippen LogP contribution in [0.25, 0.3) is 55.1 Å². The molecule has 0 saturated heterocycles. The second-order valence-corrected chi connectivity index (χ2v) is 9.03. The summed E-state index contributed by atoms with van der Waals surface area (Å²) in [7, 11) is 1.99. The van der Waals surface area contributed by atoms with Gasteiger partial charge in [-0.05, 0) is 22.9 Å². The van der Waals surface area contributed by atoms with Crippen LogP contribution < -0.4 is 4.74 Å². The van der Waals surface area contributed by atoms with Gasteiger partial charge < -0.3 is 18.3 Å². The number of pyridine rings is 1. The van der Waals surface area contributed by atoms with E-state index in [1.807, 2.05) is 58.6 Å². The molecule has 8 rings (SSSR count). The molecule has 0 N–H and O–H groups in total. The number of aromatic nitrogens is 6. The number of nitrogens with zero attached hydrogens (tertiary/aromatic N) is 6. The van der Waals surface area contributed by atoms with Gasteiger partial charge in [-0.15, -0.1) is 34.8 Å². The first kappa shape index (κ1) is 22.7. The molecule has 184 valence electrons. The summed E-state index contributed by atoms with van der Waals surface area (Å²) in [5.74, 6) is 2.00. The van der Waals surface area contributed by atoms with Gasteiger partial charge in [-0.3, -0.25) is 0 Å². The van der Waals surface area contributed by atoms with Gasteiger partial charge >= 0.3 is 21.1 Å². The second kappa shape index (κ2) is 8.54. The van der Waals surface area contributed by atoms with Gasteiger partial charge in [-0.2, -0.15) is 11.2 Å². The molecule has 4 aromatic carbocycles. The van der Waals surface area contributed by atoms with E-state index >= 15 is 0 Å². The van der Waals surface area contributed by atoms with Crippen molar-refractivity contribution in [1.29, 1.82) is 0 Å². The van der Waals surface area contributed by atoms with E-state index in [1.54, 1.807) is 12.5 Å². The molecule has 4 aromatic heterocycles. The molecule has 0 radical (unpaired) electrons. The van der Waals surface area contributed by atoms with Crippen LogP contribution in [0.3, 0.4) is 0 Å². The molecule has 0 fully saturated rings. The van der Waals surface area contributed by atoms with Crippen LogP contribution in [-0.4, -0.2) is 28.7 Å². The fourth-order valence-corrected chi connectivity index (χ4v) is 5.26. The normalized spacial score (nSPS) is 11.6. The number of rotatable bonds is 3. The Hall–Kier alpha value is -4.48. The molecule has 4 heterocycles. The van der Waals surface area contributed by atoms with E-state index in [0.717, 1.165) is 55.1 Å². The Kier molecular flexibility index (Phi) is 5.10. The summed E-state index contributed by atoms with van der Waals surface area (Å²) < 4.78 is 12.4. The average molecular weight is 674 g/mol. The fourth-order valence-electron chi connectivity index (χ4n) is 5.26. The topological polar surface area (TPSA) is 62.2 Å². The van der Waals surface area contributed by atoms with Crippen molar-refractivity contribution in [2.75, 3.05) is 0 Å². The largest absolute Gasteiger partial charge is 2.00 e. The number of hydrogen-bond donors (Lipinski definition) is 0. The molecule has 0 saturated carbocycles. The molecular formula is C30H18N6OPt. The Bertz CT molecular complexity index is 2160. The number of benzene rings is 4. The van der Waals surface area contributed by atoms with E-state index < -0.39 is 0 Å². The van der Waals surface area contributed by atoms with Crippen LogP contribution in [0.1, 0.15) is 0 Å². The minimum atomic E-state index is 0.